The summed E-state index contributed by atoms with van der Waals surface area (Å²) >= 11 is 0. The fraction of sp³-hybridized carbons (Fsp3) is 1.00. The van der Waals surface area contributed by atoms with Crippen LogP contribution in [-0.2, 0) is 4.74 Å². The van der Waals surface area contributed by atoms with E-state index in [0.29, 0.717) is 11.6 Å². The molecular formula is C13H25NO. The van der Waals surface area contributed by atoms with E-state index in [0.717, 1.165) is 12.5 Å². The van der Waals surface area contributed by atoms with E-state index in [2.05, 4.69) is 19.2 Å². The minimum absolute atomic E-state index is 0.368. The largest absolute Gasteiger partial charge is 0.378 e. The maximum absolute atomic E-state index is 5.79. The van der Waals surface area contributed by atoms with E-state index in [9.17, 15) is 0 Å². The van der Waals surface area contributed by atoms with Crippen molar-refractivity contribution < 1.29 is 4.74 Å². The molecule has 0 aliphatic carbocycles. The van der Waals surface area contributed by atoms with Crippen molar-refractivity contribution in [3.63, 3.8) is 0 Å². The number of hydrogen-bond acceptors (Lipinski definition) is 2. The van der Waals surface area contributed by atoms with Gasteiger partial charge in [0.1, 0.15) is 0 Å². The van der Waals surface area contributed by atoms with Crippen molar-refractivity contribution in [2.75, 3.05) is 13.2 Å². The molecule has 0 aromatic heterocycles. The molecule has 0 aromatic carbocycles. The second-order valence-electron chi connectivity index (χ2n) is 5.53. The zero-order chi connectivity index (χ0) is 10.7. The Kier molecular flexibility index (Phi) is 3.68. The number of piperidine rings is 1. The molecule has 0 spiro atoms. The lowest BCUT2D eigenvalue weighted by Gasteiger charge is -2.43. The van der Waals surface area contributed by atoms with Gasteiger partial charge in [-0.1, -0.05) is 20.3 Å². The molecule has 2 heteroatoms. The number of ether oxygens (including phenoxy) is 1. The first-order chi connectivity index (χ1) is 7.23. The lowest BCUT2D eigenvalue weighted by Crippen LogP contribution is -2.54. The summed E-state index contributed by atoms with van der Waals surface area (Å²) in [5.41, 5.74) is 0.368. The first kappa shape index (κ1) is 11.4. The topological polar surface area (TPSA) is 21.3 Å². The molecular weight excluding hydrogens is 186 g/mol. The van der Waals surface area contributed by atoms with Crippen LogP contribution < -0.4 is 5.32 Å². The fourth-order valence-electron chi connectivity index (χ4n) is 3.11. The molecule has 0 amide bonds. The van der Waals surface area contributed by atoms with Crippen LogP contribution in [-0.4, -0.2) is 24.8 Å². The highest BCUT2D eigenvalue weighted by atomic mass is 16.5. The number of rotatable bonds is 3. The standard InChI is InChI=1S/C13H25NO/c1-11(2)13(7-3-4-8-14-13)10-12-6-5-9-15-12/h11-12,14H,3-10H2,1-2H3. The van der Waals surface area contributed by atoms with Gasteiger partial charge in [-0.15, -0.1) is 0 Å². The summed E-state index contributed by atoms with van der Waals surface area (Å²) in [5.74, 6) is 0.724. The molecule has 0 saturated carbocycles. The lowest BCUT2D eigenvalue weighted by molar-refractivity contribution is 0.0495. The van der Waals surface area contributed by atoms with Gasteiger partial charge < -0.3 is 10.1 Å². The molecule has 0 radical (unpaired) electrons. The lowest BCUT2D eigenvalue weighted by atomic mass is 9.75. The van der Waals surface area contributed by atoms with Crippen LogP contribution in [0.15, 0.2) is 0 Å². The normalized spacial score (nSPS) is 37.4. The van der Waals surface area contributed by atoms with Crippen molar-refractivity contribution >= 4 is 0 Å². The molecule has 15 heavy (non-hydrogen) atoms. The molecule has 0 aromatic rings. The predicted octanol–water partition coefficient (Wildman–Crippen LogP) is 2.72. The second kappa shape index (κ2) is 4.84. The summed E-state index contributed by atoms with van der Waals surface area (Å²) in [7, 11) is 0. The van der Waals surface area contributed by atoms with Crippen molar-refractivity contribution in [3.8, 4) is 0 Å². The molecule has 2 rings (SSSR count). The van der Waals surface area contributed by atoms with Crippen LogP contribution in [0.4, 0.5) is 0 Å². The van der Waals surface area contributed by atoms with Crippen LogP contribution in [0.5, 0.6) is 0 Å². The highest BCUT2D eigenvalue weighted by Gasteiger charge is 2.37. The third-order valence-electron chi connectivity index (χ3n) is 4.25. The minimum Gasteiger partial charge on any atom is -0.378 e. The zero-order valence-electron chi connectivity index (χ0n) is 10.2. The summed E-state index contributed by atoms with van der Waals surface area (Å²) < 4.78 is 5.79. The Balaban J connectivity index is 1.97. The van der Waals surface area contributed by atoms with Gasteiger partial charge in [-0.2, -0.15) is 0 Å². The van der Waals surface area contributed by atoms with Crippen molar-refractivity contribution in [3.05, 3.63) is 0 Å². The van der Waals surface area contributed by atoms with Gasteiger partial charge in [0, 0.05) is 12.1 Å². The smallest absolute Gasteiger partial charge is 0.0593 e. The quantitative estimate of drug-likeness (QED) is 0.775. The average molecular weight is 211 g/mol. The number of nitrogens with one attached hydrogen (secondary N) is 1. The summed E-state index contributed by atoms with van der Waals surface area (Å²) in [6.07, 6.45) is 8.36. The van der Waals surface area contributed by atoms with Gasteiger partial charge in [-0.3, -0.25) is 0 Å². The highest BCUT2D eigenvalue weighted by Crippen LogP contribution is 2.34. The van der Waals surface area contributed by atoms with Gasteiger partial charge in [0.2, 0.25) is 0 Å². The SMILES string of the molecule is CC(C)C1(CC2CCCO2)CCCCN1. The van der Waals surface area contributed by atoms with Crippen molar-refractivity contribution in [1.29, 1.82) is 0 Å². The number of hydrogen-bond donors (Lipinski definition) is 1. The summed E-state index contributed by atoms with van der Waals surface area (Å²) in [6.45, 7) is 6.89. The molecule has 2 atom stereocenters. The Hall–Kier alpha value is -0.0800. The maximum Gasteiger partial charge on any atom is 0.0593 e. The van der Waals surface area contributed by atoms with Crippen molar-refractivity contribution in [2.45, 2.75) is 64.0 Å². The second-order valence-corrected chi connectivity index (χ2v) is 5.53. The monoisotopic (exact) mass is 211 g/mol. The Morgan fingerprint density at radius 2 is 2.20 bits per heavy atom. The molecule has 2 aliphatic rings. The van der Waals surface area contributed by atoms with Crippen molar-refractivity contribution in [1.82, 2.24) is 5.32 Å². The van der Waals surface area contributed by atoms with Crippen LogP contribution in [0.25, 0.3) is 0 Å². The van der Waals surface area contributed by atoms with E-state index < -0.39 is 0 Å². The zero-order valence-corrected chi connectivity index (χ0v) is 10.2. The molecule has 2 heterocycles. The van der Waals surface area contributed by atoms with E-state index in [1.807, 2.05) is 0 Å². The van der Waals surface area contributed by atoms with E-state index in [-0.39, 0.29) is 0 Å². The van der Waals surface area contributed by atoms with E-state index in [1.54, 1.807) is 0 Å². The van der Waals surface area contributed by atoms with Gasteiger partial charge in [-0.25, -0.2) is 0 Å². The summed E-state index contributed by atoms with van der Waals surface area (Å²) in [6, 6.07) is 0. The van der Waals surface area contributed by atoms with E-state index in [1.165, 1.54) is 45.1 Å². The molecule has 2 fully saturated rings. The van der Waals surface area contributed by atoms with Crippen LogP contribution in [0.2, 0.25) is 0 Å². The Morgan fingerprint density at radius 3 is 2.73 bits per heavy atom. The summed E-state index contributed by atoms with van der Waals surface area (Å²) in [5, 5.41) is 3.78. The van der Waals surface area contributed by atoms with Gasteiger partial charge in [0.15, 0.2) is 0 Å². The molecule has 1 N–H and O–H groups in total. The van der Waals surface area contributed by atoms with E-state index >= 15 is 0 Å². The van der Waals surface area contributed by atoms with Crippen LogP contribution >= 0.6 is 0 Å². The Morgan fingerprint density at radius 1 is 1.33 bits per heavy atom. The Bertz CT molecular complexity index is 191. The van der Waals surface area contributed by atoms with Crippen LogP contribution in [0.3, 0.4) is 0 Å². The first-order valence-corrected chi connectivity index (χ1v) is 6.59. The fourth-order valence-corrected chi connectivity index (χ4v) is 3.11. The molecule has 88 valence electrons. The predicted molar refractivity (Wildman–Crippen MR) is 63.0 cm³/mol. The molecule has 2 saturated heterocycles. The van der Waals surface area contributed by atoms with Crippen LogP contribution in [0, 0.1) is 5.92 Å². The van der Waals surface area contributed by atoms with Crippen LogP contribution in [0.1, 0.15) is 52.4 Å². The summed E-state index contributed by atoms with van der Waals surface area (Å²) in [4.78, 5) is 0. The molecule has 2 nitrogen and oxygen atoms in total. The third-order valence-corrected chi connectivity index (χ3v) is 4.25. The average Bonchev–Trinajstić information content (AvgIpc) is 2.71. The van der Waals surface area contributed by atoms with Gasteiger partial charge in [0.25, 0.3) is 0 Å². The van der Waals surface area contributed by atoms with Gasteiger partial charge in [-0.05, 0) is 44.6 Å². The van der Waals surface area contributed by atoms with Gasteiger partial charge >= 0.3 is 0 Å². The first-order valence-electron chi connectivity index (χ1n) is 6.59. The highest BCUT2D eigenvalue weighted by molar-refractivity contribution is 4.96. The van der Waals surface area contributed by atoms with Gasteiger partial charge in [0.05, 0.1) is 6.10 Å². The molecule has 2 aliphatic heterocycles. The van der Waals surface area contributed by atoms with E-state index in [4.69, 9.17) is 4.74 Å². The molecule has 2 unspecified atom stereocenters. The Labute approximate surface area is 93.8 Å². The minimum atomic E-state index is 0.368. The maximum atomic E-state index is 5.79. The molecule has 0 bridgehead atoms. The third kappa shape index (κ3) is 2.54. The van der Waals surface area contributed by atoms with Crippen molar-refractivity contribution in [2.24, 2.45) is 5.92 Å².